The first-order valence-corrected chi connectivity index (χ1v) is 13.8. The number of ether oxygens (including phenoxy) is 2. The van der Waals surface area contributed by atoms with Gasteiger partial charge in [-0.25, -0.2) is 9.59 Å². The summed E-state index contributed by atoms with van der Waals surface area (Å²) < 4.78 is 11.0. The van der Waals surface area contributed by atoms with Gasteiger partial charge in [0, 0.05) is 42.7 Å². The Kier molecular flexibility index (Phi) is 9.72. The van der Waals surface area contributed by atoms with E-state index in [0.29, 0.717) is 42.0 Å². The summed E-state index contributed by atoms with van der Waals surface area (Å²) in [6.45, 7) is 5.66. The number of nitrogens with zero attached hydrogens (tertiary/aromatic N) is 2. The molecule has 1 aromatic carbocycles. The van der Waals surface area contributed by atoms with E-state index in [1.165, 1.54) is 25.3 Å². The van der Waals surface area contributed by atoms with Gasteiger partial charge in [0.15, 0.2) is 5.78 Å². The van der Waals surface area contributed by atoms with Crippen molar-refractivity contribution >= 4 is 23.4 Å². The number of rotatable bonds is 11. The molecule has 2 atom stereocenters. The van der Waals surface area contributed by atoms with Gasteiger partial charge in [-0.05, 0) is 70.3 Å². The number of methoxy groups -OCH3 is 1. The Morgan fingerprint density at radius 2 is 1.83 bits per heavy atom. The van der Waals surface area contributed by atoms with E-state index in [4.69, 9.17) is 9.47 Å². The number of carbonyl (C=O) groups is 3. The van der Waals surface area contributed by atoms with Gasteiger partial charge in [0.25, 0.3) is 5.69 Å². The van der Waals surface area contributed by atoms with Gasteiger partial charge in [-0.1, -0.05) is 12.1 Å². The van der Waals surface area contributed by atoms with Crippen molar-refractivity contribution in [2.24, 2.45) is 0 Å². The van der Waals surface area contributed by atoms with Crippen LogP contribution in [0, 0.1) is 10.1 Å². The third kappa shape index (κ3) is 7.10. The molecule has 0 aliphatic carbocycles. The van der Waals surface area contributed by atoms with E-state index in [0.717, 1.165) is 32.4 Å². The largest absolute Gasteiger partial charge is 0.466 e. The van der Waals surface area contributed by atoms with Gasteiger partial charge in [-0.2, -0.15) is 0 Å². The van der Waals surface area contributed by atoms with Crippen LogP contribution in [-0.4, -0.2) is 65.4 Å². The van der Waals surface area contributed by atoms with E-state index in [9.17, 15) is 24.5 Å². The molecule has 1 saturated heterocycles. The lowest BCUT2D eigenvalue weighted by atomic mass is 9.80. The molecule has 41 heavy (non-hydrogen) atoms. The number of aromatic nitrogens is 1. The summed E-state index contributed by atoms with van der Waals surface area (Å²) in [7, 11) is 1.25. The zero-order valence-corrected chi connectivity index (χ0v) is 23.6. The van der Waals surface area contributed by atoms with Crippen molar-refractivity contribution in [2.75, 3.05) is 26.7 Å². The number of ketones is 1. The van der Waals surface area contributed by atoms with Crippen molar-refractivity contribution in [3.8, 4) is 0 Å². The van der Waals surface area contributed by atoms with Crippen LogP contribution >= 0.6 is 0 Å². The number of hydrogen-bond acceptors (Lipinski definition) is 9. The zero-order chi connectivity index (χ0) is 29.5. The van der Waals surface area contributed by atoms with Crippen LogP contribution in [0.2, 0.25) is 0 Å². The van der Waals surface area contributed by atoms with E-state index in [2.05, 4.69) is 15.2 Å². The Balaban J connectivity index is 1.45. The number of nitro groups is 1. The average molecular weight is 565 g/mol. The summed E-state index contributed by atoms with van der Waals surface area (Å²) in [5.41, 5.74) is 2.33. The lowest BCUT2D eigenvalue weighted by Gasteiger charge is -2.34. The highest BCUT2D eigenvalue weighted by Gasteiger charge is 2.39. The molecule has 11 nitrogen and oxygen atoms in total. The van der Waals surface area contributed by atoms with Crippen LogP contribution in [0.3, 0.4) is 0 Å². The molecule has 0 bridgehead atoms. The lowest BCUT2D eigenvalue weighted by molar-refractivity contribution is -0.384. The Hall–Kier alpha value is -4.25. The van der Waals surface area contributed by atoms with Crippen molar-refractivity contribution < 1.29 is 28.8 Å². The number of carbonyl (C=O) groups excluding carboxylic acids is 3. The number of esters is 2. The number of nitro benzene ring substituents is 1. The molecule has 11 heteroatoms. The third-order valence-corrected chi connectivity index (χ3v) is 7.56. The highest BCUT2D eigenvalue weighted by molar-refractivity contribution is 6.00. The van der Waals surface area contributed by atoms with Gasteiger partial charge >= 0.3 is 11.9 Å². The van der Waals surface area contributed by atoms with Crippen molar-refractivity contribution in [2.45, 2.75) is 58.0 Å². The molecule has 2 aromatic rings. The highest BCUT2D eigenvalue weighted by Crippen LogP contribution is 2.40. The summed E-state index contributed by atoms with van der Waals surface area (Å²) in [6, 6.07) is 9.50. The summed E-state index contributed by atoms with van der Waals surface area (Å²) in [4.78, 5) is 54.9. The fourth-order valence-electron chi connectivity index (χ4n) is 5.58. The number of hydrogen-bond donors (Lipinski definition) is 2. The van der Waals surface area contributed by atoms with Crippen LogP contribution in [0.1, 0.15) is 67.9 Å². The van der Waals surface area contributed by atoms with Crippen LogP contribution < -0.4 is 5.32 Å². The molecule has 0 amide bonds. The SMILES string of the molecule is COC(=O)C1=C(C)NC(C)=C(C(=O)O[C@@H]2CCCN(CCCCC(=O)c3ccc[nH]3)C2)[C@H]1c1cccc([N+](=O)[O-])c1. The second-order valence-electron chi connectivity index (χ2n) is 10.4. The molecule has 2 aliphatic rings. The van der Waals surface area contributed by atoms with E-state index in [-0.39, 0.29) is 28.7 Å². The van der Waals surface area contributed by atoms with E-state index < -0.39 is 22.8 Å². The van der Waals surface area contributed by atoms with Crippen molar-refractivity contribution in [3.63, 3.8) is 0 Å². The Labute approximate surface area is 238 Å². The number of nitrogens with one attached hydrogen (secondary N) is 2. The number of piperidine rings is 1. The number of allylic oxidation sites excluding steroid dienone is 2. The van der Waals surface area contributed by atoms with Crippen LogP contribution in [0.4, 0.5) is 5.69 Å². The van der Waals surface area contributed by atoms with Gasteiger partial charge in [0.1, 0.15) is 6.10 Å². The van der Waals surface area contributed by atoms with Gasteiger partial charge < -0.3 is 19.8 Å². The molecule has 0 spiro atoms. The number of unbranched alkanes of at least 4 members (excludes halogenated alkanes) is 1. The fraction of sp³-hybridized carbons (Fsp3) is 0.433. The zero-order valence-electron chi connectivity index (χ0n) is 23.6. The van der Waals surface area contributed by atoms with Crippen molar-refractivity contribution in [3.05, 3.63) is 86.5 Å². The molecule has 0 saturated carbocycles. The van der Waals surface area contributed by atoms with Gasteiger partial charge in [-0.15, -0.1) is 0 Å². The van der Waals surface area contributed by atoms with E-state index >= 15 is 0 Å². The summed E-state index contributed by atoms with van der Waals surface area (Å²) >= 11 is 0. The van der Waals surface area contributed by atoms with Gasteiger partial charge in [0.2, 0.25) is 0 Å². The summed E-state index contributed by atoms with van der Waals surface area (Å²) in [5, 5.41) is 14.6. The maximum Gasteiger partial charge on any atom is 0.337 e. The van der Waals surface area contributed by atoms with Crippen LogP contribution in [0.5, 0.6) is 0 Å². The predicted octanol–water partition coefficient (Wildman–Crippen LogP) is 4.39. The van der Waals surface area contributed by atoms with Crippen LogP contribution in [0.25, 0.3) is 0 Å². The smallest absolute Gasteiger partial charge is 0.337 e. The minimum atomic E-state index is -0.895. The molecule has 2 aliphatic heterocycles. The second-order valence-corrected chi connectivity index (χ2v) is 10.4. The highest BCUT2D eigenvalue weighted by atomic mass is 16.6. The maximum atomic E-state index is 13.7. The minimum Gasteiger partial charge on any atom is -0.466 e. The number of likely N-dealkylation sites (tertiary alicyclic amines) is 1. The Morgan fingerprint density at radius 1 is 1.07 bits per heavy atom. The lowest BCUT2D eigenvalue weighted by Crippen LogP contribution is -2.42. The molecule has 0 unspecified atom stereocenters. The monoisotopic (exact) mass is 564 g/mol. The second kappa shape index (κ2) is 13.4. The molecule has 218 valence electrons. The number of aromatic amines is 1. The van der Waals surface area contributed by atoms with E-state index in [1.807, 2.05) is 6.07 Å². The standard InChI is InChI=1S/C30H36N4O7/c1-19-26(29(36)40-3)28(21-9-6-10-22(17-21)34(38)39)27(20(2)32-19)30(37)41-23-11-8-16-33(18-23)15-5-4-13-25(35)24-12-7-14-31-24/h6-7,9-10,12,14,17,23,28,31-32H,4-5,8,11,13,15-16,18H2,1-3H3/t23-,28+/m1/s1. The summed E-state index contributed by atoms with van der Waals surface area (Å²) in [5.74, 6) is -2.01. The first kappa shape index (κ1) is 29.7. The molecule has 4 rings (SSSR count). The average Bonchev–Trinajstić information content (AvgIpc) is 3.50. The van der Waals surface area contributed by atoms with Crippen molar-refractivity contribution in [1.29, 1.82) is 0 Å². The molecule has 3 heterocycles. The molecule has 0 radical (unpaired) electrons. The Morgan fingerprint density at radius 3 is 2.51 bits per heavy atom. The van der Waals surface area contributed by atoms with Crippen LogP contribution in [-0.2, 0) is 19.1 Å². The molecule has 1 aromatic heterocycles. The maximum absolute atomic E-state index is 13.7. The van der Waals surface area contributed by atoms with Crippen molar-refractivity contribution in [1.82, 2.24) is 15.2 Å². The minimum absolute atomic E-state index is 0.0964. The fourth-order valence-corrected chi connectivity index (χ4v) is 5.58. The molecular weight excluding hydrogens is 528 g/mol. The van der Waals surface area contributed by atoms with Gasteiger partial charge in [-0.3, -0.25) is 19.8 Å². The first-order valence-electron chi connectivity index (χ1n) is 13.8. The third-order valence-electron chi connectivity index (χ3n) is 7.56. The number of dihydropyridines is 1. The predicted molar refractivity (Wildman–Crippen MR) is 151 cm³/mol. The number of benzene rings is 1. The first-order chi connectivity index (χ1) is 19.7. The topological polar surface area (TPSA) is 144 Å². The molecule has 1 fully saturated rings. The normalized spacial score (nSPS) is 19.5. The molecular formula is C30H36N4O7. The van der Waals surface area contributed by atoms with Crippen LogP contribution in [0.15, 0.2) is 65.1 Å². The number of H-pyrrole nitrogens is 1. The quantitative estimate of drug-likeness (QED) is 0.133. The number of non-ortho nitro benzene ring substituents is 1. The summed E-state index contributed by atoms with van der Waals surface area (Å²) in [6.07, 6.45) is 5.04. The molecule has 2 N–H and O–H groups in total. The van der Waals surface area contributed by atoms with Gasteiger partial charge in [0.05, 0.1) is 34.8 Å². The Bertz CT molecular complexity index is 1360. The van der Waals surface area contributed by atoms with E-state index in [1.54, 1.807) is 32.2 Å². The number of Topliss-reactive ketones (excluding diaryl/α,β-unsaturated/α-hetero) is 1.